The fourth-order valence-electron chi connectivity index (χ4n) is 1.60. The summed E-state index contributed by atoms with van der Waals surface area (Å²) in [5, 5.41) is 3.26. The van der Waals surface area contributed by atoms with Crippen LogP contribution < -0.4 is 5.32 Å². The van der Waals surface area contributed by atoms with Crippen LogP contribution >= 0.6 is 0 Å². The van der Waals surface area contributed by atoms with Gasteiger partial charge in [0.05, 0.1) is 0 Å². The van der Waals surface area contributed by atoms with Crippen molar-refractivity contribution in [3.05, 3.63) is 29.8 Å². The lowest BCUT2D eigenvalue weighted by Crippen LogP contribution is -2.37. The molecule has 0 fully saturated rings. The number of rotatable bonds is 0. The Hall–Kier alpha value is -1.31. The van der Waals surface area contributed by atoms with Crippen LogP contribution in [0.2, 0.25) is 0 Å². The van der Waals surface area contributed by atoms with Crippen molar-refractivity contribution in [3.8, 4) is 0 Å². The minimum Gasteiger partial charge on any atom is -0.383 e. The normalized spacial score (nSPS) is 19.1. The molecule has 0 saturated heterocycles. The van der Waals surface area contributed by atoms with Gasteiger partial charge in [0.1, 0.15) is 0 Å². The van der Waals surface area contributed by atoms with Crippen LogP contribution in [0.15, 0.2) is 24.3 Å². The van der Waals surface area contributed by atoms with Gasteiger partial charge >= 0.3 is 0 Å². The fourth-order valence-corrected chi connectivity index (χ4v) is 1.60. The highest BCUT2D eigenvalue weighted by molar-refractivity contribution is 6.06. The van der Waals surface area contributed by atoms with Gasteiger partial charge in [0.15, 0.2) is 5.78 Å². The molecule has 0 atom stereocenters. The average Bonchev–Trinajstić information content (AvgIpc) is 2.13. The third-order valence-electron chi connectivity index (χ3n) is 2.51. The number of para-hydroxylation sites is 1. The Morgan fingerprint density at radius 2 is 2.00 bits per heavy atom. The van der Waals surface area contributed by atoms with E-state index in [1.165, 1.54) is 0 Å². The summed E-state index contributed by atoms with van der Waals surface area (Å²) < 4.78 is 0. The lowest BCUT2D eigenvalue weighted by Gasteiger charge is -2.30. The SMILES string of the molecule is CC1(C)CNc2ccccc2C1=O. The molecule has 0 amide bonds. The molecule has 2 nitrogen and oxygen atoms in total. The maximum atomic E-state index is 11.9. The number of anilines is 1. The number of hydrogen-bond acceptors (Lipinski definition) is 2. The maximum absolute atomic E-state index is 11.9. The number of benzene rings is 1. The van der Waals surface area contributed by atoms with E-state index in [0.717, 1.165) is 17.8 Å². The average molecular weight is 175 g/mol. The van der Waals surface area contributed by atoms with Gasteiger partial charge in [-0.05, 0) is 12.1 Å². The zero-order valence-electron chi connectivity index (χ0n) is 7.92. The van der Waals surface area contributed by atoms with E-state index in [2.05, 4.69) is 5.32 Å². The summed E-state index contributed by atoms with van der Waals surface area (Å²) in [6.45, 7) is 4.67. The molecule has 1 aliphatic heterocycles. The Labute approximate surface area is 78.0 Å². The third-order valence-corrected chi connectivity index (χ3v) is 2.51. The molecule has 1 aliphatic rings. The molecule has 1 heterocycles. The summed E-state index contributed by atoms with van der Waals surface area (Å²) >= 11 is 0. The fraction of sp³-hybridized carbons (Fsp3) is 0.364. The Kier molecular flexibility index (Phi) is 1.65. The smallest absolute Gasteiger partial charge is 0.172 e. The van der Waals surface area contributed by atoms with Crippen molar-refractivity contribution >= 4 is 11.5 Å². The van der Waals surface area contributed by atoms with Gasteiger partial charge in [-0.1, -0.05) is 26.0 Å². The van der Waals surface area contributed by atoms with Crippen LogP contribution in [0.25, 0.3) is 0 Å². The molecule has 0 unspecified atom stereocenters. The van der Waals surface area contributed by atoms with E-state index in [1.54, 1.807) is 0 Å². The summed E-state index contributed by atoms with van der Waals surface area (Å²) in [4.78, 5) is 11.9. The minimum atomic E-state index is -0.269. The highest BCUT2D eigenvalue weighted by Gasteiger charge is 2.33. The number of nitrogens with one attached hydrogen (secondary N) is 1. The van der Waals surface area contributed by atoms with E-state index in [9.17, 15) is 4.79 Å². The zero-order chi connectivity index (χ0) is 9.47. The van der Waals surface area contributed by atoms with E-state index in [1.807, 2.05) is 38.1 Å². The van der Waals surface area contributed by atoms with E-state index < -0.39 is 0 Å². The topological polar surface area (TPSA) is 29.1 Å². The lowest BCUT2D eigenvalue weighted by atomic mass is 9.81. The predicted octanol–water partition coefficient (Wildman–Crippen LogP) is 2.32. The van der Waals surface area contributed by atoms with Crippen LogP contribution in [0.1, 0.15) is 24.2 Å². The molecule has 0 radical (unpaired) electrons. The highest BCUT2D eigenvalue weighted by Crippen LogP contribution is 2.31. The predicted molar refractivity (Wildman–Crippen MR) is 53.0 cm³/mol. The van der Waals surface area contributed by atoms with Crippen molar-refractivity contribution in [2.75, 3.05) is 11.9 Å². The summed E-state index contributed by atoms with van der Waals surface area (Å²) in [5.74, 6) is 0.238. The van der Waals surface area contributed by atoms with Crippen molar-refractivity contribution in [2.24, 2.45) is 5.41 Å². The lowest BCUT2D eigenvalue weighted by molar-refractivity contribution is 0.0845. The standard InChI is InChI=1S/C11H13NO/c1-11(2)7-12-9-6-4-3-5-8(9)10(11)13/h3-6,12H,7H2,1-2H3. The summed E-state index contributed by atoms with van der Waals surface area (Å²) in [5.41, 5.74) is 1.51. The van der Waals surface area contributed by atoms with Gasteiger partial charge in [0.25, 0.3) is 0 Å². The van der Waals surface area contributed by atoms with Crippen molar-refractivity contribution in [1.29, 1.82) is 0 Å². The van der Waals surface area contributed by atoms with E-state index in [-0.39, 0.29) is 11.2 Å². The number of hydrogen-bond donors (Lipinski definition) is 1. The van der Waals surface area contributed by atoms with Crippen LogP contribution in [0.5, 0.6) is 0 Å². The zero-order valence-corrected chi connectivity index (χ0v) is 7.92. The number of Topliss-reactive ketones (excluding diaryl/α,β-unsaturated/α-hetero) is 1. The minimum absolute atomic E-state index is 0.238. The molecule has 13 heavy (non-hydrogen) atoms. The Balaban J connectivity index is 2.52. The summed E-state index contributed by atoms with van der Waals surface area (Å²) in [6, 6.07) is 7.67. The first-order valence-electron chi connectivity index (χ1n) is 4.49. The molecule has 2 heteroatoms. The molecule has 0 bridgehead atoms. The molecule has 1 N–H and O–H groups in total. The third kappa shape index (κ3) is 1.22. The number of carbonyl (C=O) groups is 1. The largest absolute Gasteiger partial charge is 0.383 e. The molecule has 0 saturated carbocycles. The van der Waals surface area contributed by atoms with Crippen LogP contribution in [0.4, 0.5) is 5.69 Å². The Bertz CT molecular complexity index is 355. The van der Waals surface area contributed by atoms with Gasteiger partial charge in [-0.2, -0.15) is 0 Å². The van der Waals surface area contributed by atoms with Crippen molar-refractivity contribution < 1.29 is 4.79 Å². The van der Waals surface area contributed by atoms with Crippen LogP contribution in [0.3, 0.4) is 0 Å². The molecular formula is C11H13NO. The Morgan fingerprint density at radius 1 is 1.31 bits per heavy atom. The molecular weight excluding hydrogens is 162 g/mol. The van der Waals surface area contributed by atoms with Crippen molar-refractivity contribution in [2.45, 2.75) is 13.8 Å². The van der Waals surface area contributed by atoms with Crippen molar-refractivity contribution in [3.63, 3.8) is 0 Å². The first-order valence-corrected chi connectivity index (χ1v) is 4.49. The van der Waals surface area contributed by atoms with Crippen LogP contribution in [-0.2, 0) is 0 Å². The van der Waals surface area contributed by atoms with Crippen LogP contribution in [0, 0.1) is 5.41 Å². The summed E-state index contributed by atoms with van der Waals surface area (Å²) in [7, 11) is 0. The summed E-state index contributed by atoms with van der Waals surface area (Å²) in [6.07, 6.45) is 0. The molecule has 2 rings (SSSR count). The van der Waals surface area contributed by atoms with E-state index >= 15 is 0 Å². The number of carbonyl (C=O) groups excluding carboxylic acids is 1. The maximum Gasteiger partial charge on any atom is 0.172 e. The molecule has 68 valence electrons. The number of ketones is 1. The second kappa shape index (κ2) is 2.59. The van der Waals surface area contributed by atoms with Crippen LogP contribution in [-0.4, -0.2) is 12.3 Å². The second-order valence-corrected chi connectivity index (χ2v) is 4.11. The molecule has 0 aliphatic carbocycles. The first kappa shape index (κ1) is 8.30. The Morgan fingerprint density at radius 3 is 2.77 bits per heavy atom. The van der Waals surface area contributed by atoms with Gasteiger partial charge < -0.3 is 5.32 Å². The number of fused-ring (bicyclic) bond motifs is 1. The molecule has 0 spiro atoms. The first-order chi connectivity index (χ1) is 6.11. The highest BCUT2D eigenvalue weighted by atomic mass is 16.1. The van der Waals surface area contributed by atoms with Gasteiger partial charge in [0.2, 0.25) is 0 Å². The molecule has 1 aromatic rings. The molecule has 0 aromatic heterocycles. The molecule has 1 aromatic carbocycles. The van der Waals surface area contributed by atoms with E-state index in [0.29, 0.717) is 0 Å². The second-order valence-electron chi connectivity index (χ2n) is 4.11. The van der Waals surface area contributed by atoms with Gasteiger partial charge in [-0.15, -0.1) is 0 Å². The van der Waals surface area contributed by atoms with Crippen molar-refractivity contribution in [1.82, 2.24) is 0 Å². The monoisotopic (exact) mass is 175 g/mol. The van der Waals surface area contributed by atoms with Gasteiger partial charge in [0, 0.05) is 23.2 Å². The van der Waals surface area contributed by atoms with Gasteiger partial charge in [-0.25, -0.2) is 0 Å². The quantitative estimate of drug-likeness (QED) is 0.655. The van der Waals surface area contributed by atoms with Gasteiger partial charge in [-0.3, -0.25) is 4.79 Å². The van der Waals surface area contributed by atoms with E-state index in [4.69, 9.17) is 0 Å².